The number of aromatic nitrogens is 2. The molecular weight excluding hydrogens is 190 g/mol. The number of hydrogen-bond donors (Lipinski definition) is 1. The molecular formula is C11H21N3O. The van der Waals surface area contributed by atoms with E-state index in [4.69, 9.17) is 4.74 Å². The van der Waals surface area contributed by atoms with Gasteiger partial charge in [-0.05, 0) is 25.5 Å². The molecule has 1 aromatic rings. The zero-order valence-corrected chi connectivity index (χ0v) is 9.70. The van der Waals surface area contributed by atoms with Crippen LogP contribution in [0, 0.1) is 0 Å². The molecule has 0 radical (unpaired) electrons. The third kappa shape index (κ3) is 5.54. The lowest BCUT2D eigenvalue weighted by Crippen LogP contribution is -2.19. The Balaban J connectivity index is 1.93. The van der Waals surface area contributed by atoms with E-state index < -0.39 is 0 Å². The van der Waals surface area contributed by atoms with Gasteiger partial charge >= 0.3 is 0 Å². The van der Waals surface area contributed by atoms with Gasteiger partial charge in [-0.15, -0.1) is 0 Å². The average molecular weight is 211 g/mol. The number of unbranched alkanes of at least 4 members (excludes halogenated alkanes) is 1. The van der Waals surface area contributed by atoms with Gasteiger partial charge in [0.15, 0.2) is 0 Å². The first-order chi connectivity index (χ1) is 7.33. The number of rotatable bonds is 8. The molecule has 0 bridgehead atoms. The second-order valence-electron chi connectivity index (χ2n) is 3.68. The van der Waals surface area contributed by atoms with Gasteiger partial charge in [-0.1, -0.05) is 0 Å². The van der Waals surface area contributed by atoms with Crippen molar-refractivity contribution in [3.8, 4) is 0 Å². The largest absolute Gasteiger partial charge is 0.385 e. The van der Waals surface area contributed by atoms with Crippen molar-refractivity contribution < 1.29 is 4.74 Å². The van der Waals surface area contributed by atoms with Crippen molar-refractivity contribution in [2.75, 3.05) is 26.8 Å². The van der Waals surface area contributed by atoms with Crippen LogP contribution in [0.3, 0.4) is 0 Å². The van der Waals surface area contributed by atoms with Crippen molar-refractivity contribution in [2.24, 2.45) is 7.05 Å². The number of methoxy groups -OCH3 is 1. The zero-order valence-electron chi connectivity index (χ0n) is 9.70. The molecule has 0 amide bonds. The van der Waals surface area contributed by atoms with Gasteiger partial charge in [0, 0.05) is 39.9 Å². The topological polar surface area (TPSA) is 39.1 Å². The van der Waals surface area contributed by atoms with E-state index in [-0.39, 0.29) is 0 Å². The van der Waals surface area contributed by atoms with E-state index >= 15 is 0 Å². The van der Waals surface area contributed by atoms with Crippen LogP contribution < -0.4 is 5.32 Å². The Morgan fingerprint density at radius 1 is 1.40 bits per heavy atom. The maximum atomic E-state index is 4.98. The highest BCUT2D eigenvalue weighted by Crippen LogP contribution is 1.94. The molecule has 0 unspecified atom stereocenters. The summed E-state index contributed by atoms with van der Waals surface area (Å²) in [5.41, 5.74) is 1.15. The minimum atomic E-state index is 0.863. The third-order valence-electron chi connectivity index (χ3n) is 2.28. The summed E-state index contributed by atoms with van der Waals surface area (Å²) in [5.74, 6) is 0. The number of hydrogen-bond acceptors (Lipinski definition) is 3. The van der Waals surface area contributed by atoms with Gasteiger partial charge < -0.3 is 10.1 Å². The Kier molecular flexibility index (Phi) is 6.04. The highest BCUT2D eigenvalue weighted by molar-refractivity contribution is 4.98. The van der Waals surface area contributed by atoms with E-state index in [9.17, 15) is 0 Å². The zero-order chi connectivity index (χ0) is 10.9. The lowest BCUT2D eigenvalue weighted by atomic mass is 10.3. The van der Waals surface area contributed by atoms with Crippen LogP contribution in [-0.4, -0.2) is 36.6 Å². The SMILES string of the molecule is COCCCCNCCc1ccn(C)n1. The van der Waals surface area contributed by atoms with Gasteiger partial charge in [0.25, 0.3) is 0 Å². The Labute approximate surface area is 91.6 Å². The summed E-state index contributed by atoms with van der Waals surface area (Å²) in [4.78, 5) is 0. The number of nitrogens with one attached hydrogen (secondary N) is 1. The standard InChI is InChI=1S/C11H21N3O/c1-14-9-6-11(13-14)5-8-12-7-3-4-10-15-2/h6,9,12H,3-5,7-8,10H2,1-2H3. The van der Waals surface area contributed by atoms with Crippen LogP contribution in [0.2, 0.25) is 0 Å². The number of ether oxygens (including phenoxy) is 1. The predicted octanol–water partition coefficient (Wildman–Crippen LogP) is 0.979. The Morgan fingerprint density at radius 2 is 2.27 bits per heavy atom. The summed E-state index contributed by atoms with van der Waals surface area (Å²) in [6, 6.07) is 2.06. The van der Waals surface area contributed by atoms with Crippen LogP contribution in [0.4, 0.5) is 0 Å². The molecule has 0 saturated heterocycles. The molecule has 1 aromatic heterocycles. The summed E-state index contributed by atoms with van der Waals surface area (Å²) < 4.78 is 6.82. The molecule has 0 saturated carbocycles. The highest BCUT2D eigenvalue weighted by atomic mass is 16.5. The van der Waals surface area contributed by atoms with Crippen molar-refractivity contribution in [1.29, 1.82) is 0 Å². The first-order valence-electron chi connectivity index (χ1n) is 5.51. The van der Waals surface area contributed by atoms with E-state index in [2.05, 4.69) is 16.5 Å². The molecule has 86 valence electrons. The fourth-order valence-electron chi connectivity index (χ4n) is 1.43. The molecule has 0 spiro atoms. The summed E-state index contributed by atoms with van der Waals surface area (Å²) in [6.07, 6.45) is 5.29. The van der Waals surface area contributed by atoms with Gasteiger partial charge in [-0.25, -0.2) is 0 Å². The second-order valence-corrected chi connectivity index (χ2v) is 3.68. The first kappa shape index (κ1) is 12.2. The molecule has 15 heavy (non-hydrogen) atoms. The van der Waals surface area contributed by atoms with Gasteiger partial charge in [0.2, 0.25) is 0 Å². The molecule has 0 atom stereocenters. The molecule has 1 N–H and O–H groups in total. The molecule has 0 aliphatic heterocycles. The molecule has 4 heteroatoms. The number of aryl methyl sites for hydroxylation is 1. The maximum absolute atomic E-state index is 4.98. The van der Waals surface area contributed by atoms with Gasteiger partial charge in [-0.3, -0.25) is 4.68 Å². The molecule has 0 aromatic carbocycles. The summed E-state index contributed by atoms with van der Waals surface area (Å²) >= 11 is 0. The molecule has 0 fully saturated rings. The molecule has 0 aliphatic rings. The van der Waals surface area contributed by atoms with E-state index in [1.807, 2.05) is 17.9 Å². The Bertz CT molecular complexity index is 260. The fourth-order valence-corrected chi connectivity index (χ4v) is 1.43. The van der Waals surface area contributed by atoms with Crippen LogP contribution in [0.15, 0.2) is 12.3 Å². The first-order valence-corrected chi connectivity index (χ1v) is 5.51. The van der Waals surface area contributed by atoms with Crippen molar-refractivity contribution in [2.45, 2.75) is 19.3 Å². The molecule has 1 rings (SSSR count). The van der Waals surface area contributed by atoms with Crippen molar-refractivity contribution in [3.63, 3.8) is 0 Å². The summed E-state index contributed by atoms with van der Waals surface area (Å²) in [7, 11) is 3.69. The minimum Gasteiger partial charge on any atom is -0.385 e. The van der Waals surface area contributed by atoms with Crippen LogP contribution in [0.25, 0.3) is 0 Å². The van der Waals surface area contributed by atoms with E-state index in [0.29, 0.717) is 0 Å². The average Bonchev–Trinajstić information content (AvgIpc) is 2.63. The number of nitrogens with zero attached hydrogens (tertiary/aromatic N) is 2. The minimum absolute atomic E-state index is 0.863. The fraction of sp³-hybridized carbons (Fsp3) is 0.727. The summed E-state index contributed by atoms with van der Waals surface area (Å²) in [5, 5.41) is 7.71. The van der Waals surface area contributed by atoms with E-state index in [0.717, 1.165) is 38.2 Å². The monoisotopic (exact) mass is 211 g/mol. The lowest BCUT2D eigenvalue weighted by Gasteiger charge is -2.02. The van der Waals surface area contributed by atoms with Crippen molar-refractivity contribution >= 4 is 0 Å². The highest BCUT2D eigenvalue weighted by Gasteiger charge is 1.95. The summed E-state index contributed by atoms with van der Waals surface area (Å²) in [6.45, 7) is 2.93. The van der Waals surface area contributed by atoms with Crippen molar-refractivity contribution in [1.82, 2.24) is 15.1 Å². The van der Waals surface area contributed by atoms with E-state index in [1.54, 1.807) is 7.11 Å². The van der Waals surface area contributed by atoms with Crippen LogP contribution in [0.1, 0.15) is 18.5 Å². The normalized spacial score (nSPS) is 10.8. The Morgan fingerprint density at radius 3 is 2.93 bits per heavy atom. The van der Waals surface area contributed by atoms with Crippen molar-refractivity contribution in [3.05, 3.63) is 18.0 Å². The van der Waals surface area contributed by atoms with Gasteiger partial charge in [0.05, 0.1) is 5.69 Å². The quantitative estimate of drug-likeness (QED) is 0.651. The van der Waals surface area contributed by atoms with Crippen LogP contribution >= 0.6 is 0 Å². The molecule has 4 nitrogen and oxygen atoms in total. The smallest absolute Gasteiger partial charge is 0.0637 e. The lowest BCUT2D eigenvalue weighted by molar-refractivity contribution is 0.192. The van der Waals surface area contributed by atoms with Gasteiger partial charge in [0.1, 0.15) is 0 Å². The van der Waals surface area contributed by atoms with Gasteiger partial charge in [-0.2, -0.15) is 5.10 Å². The maximum Gasteiger partial charge on any atom is 0.0637 e. The Hall–Kier alpha value is -0.870. The third-order valence-corrected chi connectivity index (χ3v) is 2.28. The van der Waals surface area contributed by atoms with E-state index in [1.165, 1.54) is 6.42 Å². The predicted molar refractivity (Wildman–Crippen MR) is 60.9 cm³/mol. The second kappa shape index (κ2) is 7.43. The molecule has 0 aliphatic carbocycles. The van der Waals surface area contributed by atoms with Crippen LogP contribution in [-0.2, 0) is 18.2 Å². The van der Waals surface area contributed by atoms with Crippen LogP contribution in [0.5, 0.6) is 0 Å². The molecule has 1 heterocycles.